The Balaban J connectivity index is 2.13. The first-order valence-corrected chi connectivity index (χ1v) is 6.82. The number of ketones is 1. The third kappa shape index (κ3) is 2.48. The maximum atomic E-state index is 12.3. The summed E-state index contributed by atoms with van der Waals surface area (Å²) in [5.74, 6) is 0.178. The third-order valence-corrected chi connectivity index (χ3v) is 3.73. The molecule has 0 N–H and O–H groups in total. The highest BCUT2D eigenvalue weighted by Gasteiger charge is 2.37. The van der Waals surface area contributed by atoms with Gasteiger partial charge in [-0.15, -0.1) is 0 Å². The van der Waals surface area contributed by atoms with Gasteiger partial charge < -0.3 is 4.74 Å². The lowest BCUT2D eigenvalue weighted by molar-refractivity contribution is -0.136. The summed E-state index contributed by atoms with van der Waals surface area (Å²) < 4.78 is 7.53. The maximum absolute atomic E-state index is 12.3. The minimum atomic E-state index is -0.574. The van der Waals surface area contributed by atoms with Crippen LogP contribution in [0.25, 0.3) is 0 Å². The molecule has 18 heavy (non-hydrogen) atoms. The van der Waals surface area contributed by atoms with Crippen LogP contribution in [0.3, 0.4) is 0 Å². The van der Waals surface area contributed by atoms with Crippen LogP contribution in [0.4, 0.5) is 0 Å². The molecule has 0 saturated carbocycles. The summed E-state index contributed by atoms with van der Waals surface area (Å²) in [5, 5.41) is 4.47. The average Bonchev–Trinajstić information content (AvgIpc) is 2.96. The van der Waals surface area contributed by atoms with Crippen molar-refractivity contribution >= 4 is 5.78 Å². The molecule has 1 saturated heterocycles. The van der Waals surface area contributed by atoms with Gasteiger partial charge in [-0.25, -0.2) is 0 Å². The van der Waals surface area contributed by atoms with E-state index in [0.717, 1.165) is 37.2 Å². The zero-order chi connectivity index (χ0) is 13.2. The van der Waals surface area contributed by atoms with Crippen molar-refractivity contribution in [1.29, 1.82) is 0 Å². The molecule has 0 aliphatic carbocycles. The van der Waals surface area contributed by atoms with Gasteiger partial charge in [-0.05, 0) is 39.2 Å². The smallest absolute Gasteiger partial charge is 0.170 e. The molecule has 0 amide bonds. The molecule has 4 heteroatoms. The summed E-state index contributed by atoms with van der Waals surface area (Å²) in [6.07, 6.45) is 3.15. The van der Waals surface area contributed by atoms with Crippen LogP contribution < -0.4 is 0 Å². The van der Waals surface area contributed by atoms with E-state index >= 15 is 0 Å². The Morgan fingerprint density at radius 2 is 2.33 bits per heavy atom. The predicted octanol–water partition coefficient (Wildman–Crippen LogP) is 2.15. The Morgan fingerprint density at radius 3 is 2.89 bits per heavy atom. The quantitative estimate of drug-likeness (QED) is 0.804. The van der Waals surface area contributed by atoms with Crippen LogP contribution in [0.1, 0.15) is 45.0 Å². The number of rotatable bonds is 5. The zero-order valence-corrected chi connectivity index (χ0v) is 11.5. The largest absolute Gasteiger partial charge is 0.367 e. The van der Waals surface area contributed by atoms with Crippen LogP contribution in [0.15, 0.2) is 6.07 Å². The number of Topliss-reactive ketones (excluding diaryl/α,β-unsaturated/α-hetero) is 1. The van der Waals surface area contributed by atoms with E-state index in [2.05, 4.69) is 12.0 Å². The molecule has 0 aromatic carbocycles. The fraction of sp³-hybridized carbons (Fsp3) is 0.714. The number of aromatic nitrogens is 2. The van der Waals surface area contributed by atoms with E-state index < -0.39 is 5.60 Å². The zero-order valence-electron chi connectivity index (χ0n) is 11.5. The number of carbonyl (C=O) groups is 1. The van der Waals surface area contributed by atoms with Crippen molar-refractivity contribution in [3.05, 3.63) is 17.5 Å². The molecule has 1 aromatic heterocycles. The molecule has 1 fully saturated rings. The molecule has 2 rings (SSSR count). The Labute approximate surface area is 108 Å². The second-order valence-corrected chi connectivity index (χ2v) is 5.08. The lowest BCUT2D eigenvalue weighted by Crippen LogP contribution is -2.36. The second kappa shape index (κ2) is 5.22. The highest BCUT2D eigenvalue weighted by atomic mass is 16.5. The Morgan fingerprint density at radius 1 is 1.56 bits per heavy atom. The monoisotopic (exact) mass is 250 g/mol. The molecule has 1 aliphatic heterocycles. The first-order chi connectivity index (χ1) is 8.59. The van der Waals surface area contributed by atoms with E-state index in [0.29, 0.717) is 13.0 Å². The van der Waals surface area contributed by atoms with Crippen molar-refractivity contribution in [2.24, 2.45) is 0 Å². The summed E-state index contributed by atoms with van der Waals surface area (Å²) in [6, 6.07) is 2.04. The average molecular weight is 250 g/mol. The predicted molar refractivity (Wildman–Crippen MR) is 69.6 cm³/mol. The summed E-state index contributed by atoms with van der Waals surface area (Å²) in [5.41, 5.74) is 1.49. The van der Waals surface area contributed by atoms with E-state index in [1.807, 2.05) is 24.6 Å². The Bertz CT molecular complexity index is 431. The van der Waals surface area contributed by atoms with Crippen LogP contribution in [0, 0.1) is 0 Å². The van der Waals surface area contributed by atoms with Crippen LogP contribution >= 0.6 is 0 Å². The molecule has 4 nitrogen and oxygen atoms in total. The topological polar surface area (TPSA) is 44.1 Å². The molecule has 1 aliphatic rings. The van der Waals surface area contributed by atoms with Gasteiger partial charge in [0.05, 0.1) is 12.1 Å². The van der Waals surface area contributed by atoms with Gasteiger partial charge in [0.2, 0.25) is 0 Å². The Hall–Kier alpha value is -1.16. The Kier molecular flexibility index (Phi) is 3.85. The summed E-state index contributed by atoms with van der Waals surface area (Å²) >= 11 is 0. The molecule has 0 radical (unpaired) electrons. The molecule has 100 valence electrons. The SMILES string of the molecule is CCc1cc(CC(=O)C2(C)CCCO2)n(CC)n1. The normalized spacial score (nSPS) is 23.5. The minimum Gasteiger partial charge on any atom is -0.367 e. The van der Waals surface area contributed by atoms with Crippen molar-refractivity contribution in [1.82, 2.24) is 9.78 Å². The lowest BCUT2D eigenvalue weighted by atomic mass is 9.94. The van der Waals surface area contributed by atoms with Gasteiger partial charge in [0.15, 0.2) is 5.78 Å². The van der Waals surface area contributed by atoms with Gasteiger partial charge in [-0.2, -0.15) is 5.10 Å². The van der Waals surface area contributed by atoms with Gasteiger partial charge in [0.1, 0.15) is 5.60 Å². The van der Waals surface area contributed by atoms with Crippen molar-refractivity contribution in [3.63, 3.8) is 0 Å². The lowest BCUT2D eigenvalue weighted by Gasteiger charge is -2.21. The number of ether oxygens (including phenoxy) is 1. The summed E-state index contributed by atoms with van der Waals surface area (Å²) in [7, 11) is 0. The fourth-order valence-corrected chi connectivity index (χ4v) is 2.45. The number of nitrogens with zero attached hydrogens (tertiary/aromatic N) is 2. The number of hydrogen-bond donors (Lipinski definition) is 0. The number of aryl methyl sites for hydroxylation is 2. The highest BCUT2D eigenvalue weighted by molar-refractivity contribution is 5.88. The fourth-order valence-electron chi connectivity index (χ4n) is 2.45. The van der Waals surface area contributed by atoms with Gasteiger partial charge >= 0.3 is 0 Å². The third-order valence-electron chi connectivity index (χ3n) is 3.73. The number of carbonyl (C=O) groups excluding carboxylic acids is 1. The van der Waals surface area contributed by atoms with Crippen molar-refractivity contribution in [3.8, 4) is 0 Å². The summed E-state index contributed by atoms with van der Waals surface area (Å²) in [6.45, 7) is 7.55. The molecule has 1 aromatic rings. The minimum absolute atomic E-state index is 0.178. The molecule has 1 unspecified atom stereocenters. The molecule has 0 bridgehead atoms. The van der Waals surface area contributed by atoms with Gasteiger partial charge in [0.25, 0.3) is 0 Å². The highest BCUT2D eigenvalue weighted by Crippen LogP contribution is 2.27. The van der Waals surface area contributed by atoms with E-state index in [4.69, 9.17) is 4.74 Å². The van der Waals surface area contributed by atoms with E-state index in [1.165, 1.54) is 0 Å². The van der Waals surface area contributed by atoms with Crippen LogP contribution in [0.5, 0.6) is 0 Å². The first-order valence-electron chi connectivity index (χ1n) is 6.82. The van der Waals surface area contributed by atoms with Crippen molar-refractivity contribution in [2.75, 3.05) is 6.61 Å². The maximum Gasteiger partial charge on any atom is 0.170 e. The summed E-state index contributed by atoms with van der Waals surface area (Å²) in [4.78, 5) is 12.3. The standard InChI is InChI=1S/C14H22N2O2/c1-4-11-9-12(16(5-2)15-11)10-13(17)14(3)7-6-8-18-14/h9H,4-8,10H2,1-3H3. The van der Waals surface area contributed by atoms with Crippen LogP contribution in [-0.2, 0) is 28.9 Å². The van der Waals surface area contributed by atoms with Crippen LogP contribution in [-0.4, -0.2) is 27.8 Å². The molecule has 1 atom stereocenters. The molecule has 0 spiro atoms. The van der Waals surface area contributed by atoms with Crippen molar-refractivity contribution in [2.45, 2.75) is 58.6 Å². The second-order valence-electron chi connectivity index (χ2n) is 5.08. The van der Waals surface area contributed by atoms with E-state index in [9.17, 15) is 4.79 Å². The number of hydrogen-bond acceptors (Lipinski definition) is 3. The van der Waals surface area contributed by atoms with Crippen LogP contribution in [0.2, 0.25) is 0 Å². The van der Waals surface area contributed by atoms with Crippen molar-refractivity contribution < 1.29 is 9.53 Å². The van der Waals surface area contributed by atoms with Gasteiger partial charge in [-0.3, -0.25) is 9.48 Å². The van der Waals surface area contributed by atoms with E-state index in [1.54, 1.807) is 0 Å². The molecular formula is C14H22N2O2. The molecular weight excluding hydrogens is 228 g/mol. The van der Waals surface area contributed by atoms with Gasteiger partial charge in [0, 0.05) is 18.8 Å². The first kappa shape index (κ1) is 13.3. The van der Waals surface area contributed by atoms with E-state index in [-0.39, 0.29) is 5.78 Å². The molecule has 2 heterocycles. The van der Waals surface area contributed by atoms with Gasteiger partial charge in [-0.1, -0.05) is 6.92 Å².